The number of hydrogen-bond acceptors (Lipinski definition) is 1. The highest BCUT2D eigenvalue weighted by molar-refractivity contribution is 6.35. The van der Waals surface area contributed by atoms with Gasteiger partial charge in [-0.2, -0.15) is 0 Å². The molecular formula is C18H19Cl2N. The van der Waals surface area contributed by atoms with Crippen LogP contribution >= 0.6 is 23.2 Å². The number of hydrogen-bond donors (Lipinski definition) is 1. The normalized spacial score (nSPS) is 17.0. The van der Waals surface area contributed by atoms with E-state index < -0.39 is 0 Å². The van der Waals surface area contributed by atoms with Gasteiger partial charge < -0.3 is 5.32 Å². The van der Waals surface area contributed by atoms with E-state index in [2.05, 4.69) is 30.4 Å². The molecule has 0 spiro atoms. The fraction of sp³-hybridized carbons (Fsp3) is 0.333. The van der Waals surface area contributed by atoms with Gasteiger partial charge in [-0.05, 0) is 66.3 Å². The Morgan fingerprint density at radius 3 is 2.52 bits per heavy atom. The lowest BCUT2D eigenvalue weighted by molar-refractivity contribution is 0.529. The Bertz CT molecular complexity index is 631. The summed E-state index contributed by atoms with van der Waals surface area (Å²) < 4.78 is 0. The molecule has 0 heterocycles. The molecule has 110 valence electrons. The average Bonchev–Trinajstić information content (AvgIpc) is 2.86. The second kappa shape index (κ2) is 6.39. The fourth-order valence-electron chi connectivity index (χ4n) is 3.05. The summed E-state index contributed by atoms with van der Waals surface area (Å²) in [6, 6.07) is 12.9. The van der Waals surface area contributed by atoms with Crippen LogP contribution in [-0.2, 0) is 6.42 Å². The first-order chi connectivity index (χ1) is 10.2. The third-order valence-corrected chi connectivity index (χ3v) is 4.49. The molecule has 0 radical (unpaired) electrons. The van der Waals surface area contributed by atoms with Crippen molar-refractivity contribution in [3.63, 3.8) is 0 Å². The predicted octanol–water partition coefficient (Wildman–Crippen LogP) is 5.65. The van der Waals surface area contributed by atoms with Crippen LogP contribution in [0.2, 0.25) is 10.0 Å². The van der Waals surface area contributed by atoms with Gasteiger partial charge in [0.25, 0.3) is 0 Å². The van der Waals surface area contributed by atoms with Crippen molar-refractivity contribution in [3.05, 3.63) is 57.6 Å². The van der Waals surface area contributed by atoms with Gasteiger partial charge in [0.05, 0.1) is 0 Å². The van der Waals surface area contributed by atoms with E-state index in [1.807, 2.05) is 12.1 Å². The highest BCUT2D eigenvalue weighted by Gasteiger charge is 2.21. The van der Waals surface area contributed by atoms with Gasteiger partial charge >= 0.3 is 0 Å². The number of fused-ring (bicyclic) bond motifs is 1. The second-order valence-electron chi connectivity index (χ2n) is 5.62. The molecule has 0 saturated heterocycles. The van der Waals surface area contributed by atoms with Crippen LogP contribution in [-0.4, -0.2) is 6.54 Å². The number of nitrogens with one attached hydrogen (secondary N) is 1. The summed E-state index contributed by atoms with van der Waals surface area (Å²) in [7, 11) is 0. The van der Waals surface area contributed by atoms with E-state index in [-0.39, 0.29) is 0 Å². The largest absolute Gasteiger partial charge is 0.310 e. The van der Waals surface area contributed by atoms with Gasteiger partial charge in [-0.3, -0.25) is 0 Å². The number of aryl methyl sites for hydroxylation is 1. The van der Waals surface area contributed by atoms with Crippen LogP contribution in [0.4, 0.5) is 0 Å². The molecule has 0 amide bonds. The molecule has 1 N–H and O–H groups in total. The maximum atomic E-state index is 6.10. The lowest BCUT2D eigenvalue weighted by Gasteiger charge is -2.14. The van der Waals surface area contributed by atoms with E-state index in [1.165, 1.54) is 29.5 Å². The predicted molar refractivity (Wildman–Crippen MR) is 91.3 cm³/mol. The first-order valence-electron chi connectivity index (χ1n) is 7.50. The molecule has 1 aliphatic carbocycles. The van der Waals surface area contributed by atoms with Gasteiger partial charge in [-0.25, -0.2) is 0 Å². The lowest BCUT2D eigenvalue weighted by Crippen LogP contribution is -2.19. The average molecular weight is 320 g/mol. The van der Waals surface area contributed by atoms with Crippen molar-refractivity contribution in [1.82, 2.24) is 5.32 Å². The monoisotopic (exact) mass is 319 g/mol. The smallest absolute Gasteiger partial charge is 0.0426 e. The number of rotatable bonds is 4. The first-order valence-corrected chi connectivity index (χ1v) is 8.25. The zero-order valence-electron chi connectivity index (χ0n) is 12.1. The molecule has 0 aliphatic heterocycles. The molecular weight excluding hydrogens is 301 g/mol. The van der Waals surface area contributed by atoms with Crippen molar-refractivity contribution in [3.8, 4) is 11.1 Å². The summed E-state index contributed by atoms with van der Waals surface area (Å²) in [4.78, 5) is 0. The Morgan fingerprint density at radius 2 is 1.81 bits per heavy atom. The molecule has 0 fully saturated rings. The Balaban J connectivity index is 1.90. The van der Waals surface area contributed by atoms with Crippen LogP contribution in [0.15, 0.2) is 36.4 Å². The van der Waals surface area contributed by atoms with E-state index in [1.54, 1.807) is 6.07 Å². The van der Waals surface area contributed by atoms with E-state index >= 15 is 0 Å². The minimum Gasteiger partial charge on any atom is -0.310 e. The van der Waals surface area contributed by atoms with Gasteiger partial charge in [0.1, 0.15) is 0 Å². The number of benzene rings is 2. The highest BCUT2D eigenvalue weighted by atomic mass is 35.5. The Hall–Kier alpha value is -1.02. The Morgan fingerprint density at radius 1 is 1.05 bits per heavy atom. The summed E-state index contributed by atoms with van der Waals surface area (Å²) in [5.74, 6) is 0. The first kappa shape index (κ1) is 14.9. The molecule has 1 nitrogen and oxygen atoms in total. The molecule has 1 atom stereocenters. The molecule has 0 bridgehead atoms. The Labute approximate surface area is 136 Å². The quantitative estimate of drug-likeness (QED) is 0.768. The van der Waals surface area contributed by atoms with Crippen molar-refractivity contribution in [2.75, 3.05) is 6.54 Å². The molecule has 3 rings (SSSR count). The van der Waals surface area contributed by atoms with Crippen molar-refractivity contribution in [2.24, 2.45) is 0 Å². The van der Waals surface area contributed by atoms with Gasteiger partial charge in [0.2, 0.25) is 0 Å². The van der Waals surface area contributed by atoms with Gasteiger partial charge in [0, 0.05) is 16.1 Å². The summed E-state index contributed by atoms with van der Waals surface area (Å²) in [5.41, 5.74) is 5.16. The standard InChI is InChI=1S/C18H19Cl2N/c1-2-7-21-18-6-4-13-8-12(3-5-17(13)18)14-9-15(19)11-16(20)10-14/h3,5,8-11,18,21H,2,4,6-7H2,1H3. The third kappa shape index (κ3) is 3.26. The van der Waals surface area contributed by atoms with Crippen molar-refractivity contribution < 1.29 is 0 Å². The maximum absolute atomic E-state index is 6.10. The summed E-state index contributed by atoms with van der Waals surface area (Å²) in [6.07, 6.45) is 3.50. The van der Waals surface area contributed by atoms with Gasteiger partial charge in [0.15, 0.2) is 0 Å². The van der Waals surface area contributed by atoms with Crippen LogP contribution in [0.5, 0.6) is 0 Å². The second-order valence-corrected chi connectivity index (χ2v) is 6.49. The van der Waals surface area contributed by atoms with Crippen LogP contribution in [0.1, 0.15) is 36.9 Å². The fourth-order valence-corrected chi connectivity index (χ4v) is 3.57. The van der Waals surface area contributed by atoms with Crippen LogP contribution in [0.3, 0.4) is 0 Å². The molecule has 3 heteroatoms. The minimum atomic E-state index is 0.511. The number of halogens is 2. The molecule has 2 aromatic carbocycles. The highest BCUT2D eigenvalue weighted by Crippen LogP contribution is 2.35. The van der Waals surface area contributed by atoms with E-state index in [9.17, 15) is 0 Å². The summed E-state index contributed by atoms with van der Waals surface area (Å²) in [5, 5.41) is 4.98. The van der Waals surface area contributed by atoms with E-state index in [4.69, 9.17) is 23.2 Å². The summed E-state index contributed by atoms with van der Waals surface area (Å²) >= 11 is 12.2. The molecule has 0 saturated carbocycles. The van der Waals surface area contributed by atoms with Crippen LogP contribution in [0, 0.1) is 0 Å². The van der Waals surface area contributed by atoms with Crippen molar-refractivity contribution in [2.45, 2.75) is 32.2 Å². The lowest BCUT2D eigenvalue weighted by atomic mass is 10.00. The van der Waals surface area contributed by atoms with E-state index in [0.717, 1.165) is 18.5 Å². The Kier molecular flexibility index (Phi) is 4.54. The summed E-state index contributed by atoms with van der Waals surface area (Å²) in [6.45, 7) is 3.28. The van der Waals surface area contributed by atoms with Crippen LogP contribution < -0.4 is 5.32 Å². The molecule has 0 aromatic heterocycles. The van der Waals surface area contributed by atoms with Crippen molar-refractivity contribution >= 4 is 23.2 Å². The van der Waals surface area contributed by atoms with Gasteiger partial charge in [-0.15, -0.1) is 0 Å². The minimum absolute atomic E-state index is 0.511. The molecule has 2 aromatic rings. The van der Waals surface area contributed by atoms with Gasteiger partial charge in [-0.1, -0.05) is 48.3 Å². The van der Waals surface area contributed by atoms with Crippen molar-refractivity contribution in [1.29, 1.82) is 0 Å². The molecule has 1 aliphatic rings. The van der Waals surface area contributed by atoms with E-state index in [0.29, 0.717) is 16.1 Å². The molecule has 21 heavy (non-hydrogen) atoms. The molecule has 1 unspecified atom stereocenters. The topological polar surface area (TPSA) is 12.0 Å². The zero-order chi connectivity index (χ0) is 14.8. The zero-order valence-corrected chi connectivity index (χ0v) is 13.6. The van der Waals surface area contributed by atoms with Crippen LogP contribution in [0.25, 0.3) is 11.1 Å². The third-order valence-electron chi connectivity index (χ3n) is 4.06. The SMILES string of the molecule is CCCNC1CCc2cc(-c3cc(Cl)cc(Cl)c3)ccc21. The maximum Gasteiger partial charge on any atom is 0.0426 e.